The Balaban J connectivity index is 2.49. The molecule has 0 unspecified atom stereocenters. The lowest BCUT2D eigenvalue weighted by molar-refractivity contribution is 0.281. The number of hydrogen-bond donors (Lipinski definition) is 1. The molecule has 0 saturated heterocycles. The number of aliphatic hydroxyl groups is 1. The van der Waals surface area contributed by atoms with E-state index in [0.717, 1.165) is 5.56 Å². The van der Waals surface area contributed by atoms with Crippen molar-refractivity contribution >= 4 is 0 Å². The van der Waals surface area contributed by atoms with Crippen LogP contribution in [0.15, 0.2) is 42.5 Å². The number of pyridine rings is 1. The van der Waals surface area contributed by atoms with Crippen molar-refractivity contribution in [3.05, 3.63) is 54.0 Å². The van der Waals surface area contributed by atoms with Gasteiger partial charge in [-0.1, -0.05) is 30.3 Å². The van der Waals surface area contributed by atoms with Crippen molar-refractivity contribution in [1.29, 1.82) is 0 Å². The quantitative estimate of drug-likeness (QED) is 0.760. The number of hydrogen-bond acceptors (Lipinski definition) is 2. The van der Waals surface area contributed by atoms with Gasteiger partial charge in [0.15, 0.2) is 0 Å². The summed E-state index contributed by atoms with van der Waals surface area (Å²) in [6, 6.07) is 12.2. The highest BCUT2D eigenvalue weighted by molar-refractivity contribution is 5.59. The van der Waals surface area contributed by atoms with Gasteiger partial charge in [-0.3, -0.25) is 0 Å². The molecule has 0 fully saturated rings. The zero-order valence-corrected chi connectivity index (χ0v) is 8.02. The monoisotopic (exact) mass is 203 g/mol. The molecule has 76 valence electrons. The van der Waals surface area contributed by atoms with Crippen LogP contribution in [-0.4, -0.2) is 10.1 Å². The third-order valence-electron chi connectivity index (χ3n) is 2.11. The predicted molar refractivity (Wildman–Crippen MR) is 55.6 cm³/mol. The first-order chi connectivity index (χ1) is 7.29. The van der Waals surface area contributed by atoms with Crippen LogP contribution in [0.1, 0.15) is 5.56 Å². The molecule has 0 saturated carbocycles. The summed E-state index contributed by atoms with van der Waals surface area (Å²) in [5.41, 5.74) is 1.91. The highest BCUT2D eigenvalue weighted by atomic mass is 19.1. The lowest BCUT2D eigenvalue weighted by atomic mass is 10.1. The molecule has 0 spiro atoms. The van der Waals surface area contributed by atoms with Crippen LogP contribution in [0.2, 0.25) is 0 Å². The predicted octanol–water partition coefficient (Wildman–Crippen LogP) is 2.38. The zero-order valence-electron chi connectivity index (χ0n) is 8.02. The fourth-order valence-electron chi connectivity index (χ4n) is 1.40. The molecule has 0 aliphatic rings. The summed E-state index contributed by atoms with van der Waals surface area (Å²) < 4.78 is 13.1. The molecule has 15 heavy (non-hydrogen) atoms. The average Bonchev–Trinajstić information content (AvgIpc) is 2.29. The van der Waals surface area contributed by atoms with E-state index in [9.17, 15) is 4.39 Å². The van der Waals surface area contributed by atoms with Crippen LogP contribution in [0.3, 0.4) is 0 Å². The van der Waals surface area contributed by atoms with Gasteiger partial charge in [0, 0.05) is 5.56 Å². The molecule has 0 radical (unpaired) electrons. The Morgan fingerprint density at radius 1 is 1.13 bits per heavy atom. The molecule has 3 heteroatoms. The Hall–Kier alpha value is -1.74. The molecule has 0 amide bonds. The minimum Gasteiger partial charge on any atom is -0.392 e. The fraction of sp³-hybridized carbons (Fsp3) is 0.0833. The van der Waals surface area contributed by atoms with Gasteiger partial charge in [-0.25, -0.2) is 4.98 Å². The second-order valence-corrected chi connectivity index (χ2v) is 3.21. The number of aromatic nitrogens is 1. The van der Waals surface area contributed by atoms with E-state index in [4.69, 9.17) is 5.11 Å². The van der Waals surface area contributed by atoms with E-state index < -0.39 is 5.95 Å². The van der Waals surface area contributed by atoms with Crippen molar-refractivity contribution in [3.63, 3.8) is 0 Å². The van der Waals surface area contributed by atoms with Crippen molar-refractivity contribution in [2.24, 2.45) is 0 Å². The molecule has 0 aliphatic heterocycles. The first-order valence-electron chi connectivity index (χ1n) is 4.62. The normalized spacial score (nSPS) is 10.3. The maximum atomic E-state index is 13.1. The molecular weight excluding hydrogens is 193 g/mol. The van der Waals surface area contributed by atoms with E-state index in [1.165, 1.54) is 6.07 Å². The topological polar surface area (TPSA) is 33.1 Å². The van der Waals surface area contributed by atoms with Crippen LogP contribution in [0, 0.1) is 5.95 Å². The summed E-state index contributed by atoms with van der Waals surface area (Å²) in [5.74, 6) is -0.569. The van der Waals surface area contributed by atoms with Crippen molar-refractivity contribution in [2.45, 2.75) is 6.61 Å². The average molecular weight is 203 g/mol. The van der Waals surface area contributed by atoms with Gasteiger partial charge in [-0.2, -0.15) is 4.39 Å². The SMILES string of the molecule is OCc1cc(F)nc(-c2ccccc2)c1. The van der Waals surface area contributed by atoms with E-state index in [2.05, 4.69) is 4.98 Å². The second kappa shape index (κ2) is 4.19. The van der Waals surface area contributed by atoms with Crippen LogP contribution >= 0.6 is 0 Å². The highest BCUT2D eigenvalue weighted by Gasteiger charge is 2.03. The first kappa shape index (κ1) is 9.80. The van der Waals surface area contributed by atoms with Gasteiger partial charge in [0.05, 0.1) is 12.3 Å². The Kier molecular flexibility index (Phi) is 2.74. The van der Waals surface area contributed by atoms with Crippen molar-refractivity contribution < 1.29 is 9.50 Å². The molecule has 0 aliphatic carbocycles. The molecule has 2 aromatic rings. The summed E-state index contributed by atoms with van der Waals surface area (Å²) in [6.45, 7) is -0.181. The molecule has 0 bridgehead atoms. The molecule has 2 rings (SSSR count). The maximum absolute atomic E-state index is 13.1. The summed E-state index contributed by atoms with van der Waals surface area (Å²) >= 11 is 0. The Labute approximate surface area is 87.0 Å². The van der Waals surface area contributed by atoms with Gasteiger partial charge in [-0.15, -0.1) is 0 Å². The smallest absolute Gasteiger partial charge is 0.213 e. The molecule has 1 aromatic carbocycles. The summed E-state index contributed by atoms with van der Waals surface area (Å²) in [7, 11) is 0. The standard InChI is InChI=1S/C12H10FNO/c13-12-7-9(8-15)6-11(14-12)10-4-2-1-3-5-10/h1-7,15H,8H2. The van der Waals surface area contributed by atoms with E-state index in [1.807, 2.05) is 30.3 Å². The van der Waals surface area contributed by atoms with Gasteiger partial charge >= 0.3 is 0 Å². The van der Waals surface area contributed by atoms with Gasteiger partial charge in [0.1, 0.15) is 0 Å². The molecule has 1 N–H and O–H groups in total. The fourth-order valence-corrected chi connectivity index (χ4v) is 1.40. The molecule has 1 aromatic heterocycles. The van der Waals surface area contributed by atoms with Gasteiger partial charge in [-0.05, 0) is 17.7 Å². The molecule has 0 atom stereocenters. The summed E-state index contributed by atoms with van der Waals surface area (Å²) in [5, 5.41) is 8.94. The van der Waals surface area contributed by atoms with E-state index >= 15 is 0 Å². The van der Waals surface area contributed by atoms with Gasteiger partial charge in [0.2, 0.25) is 5.95 Å². The van der Waals surface area contributed by atoms with E-state index in [-0.39, 0.29) is 6.61 Å². The van der Waals surface area contributed by atoms with Crippen LogP contribution in [0.4, 0.5) is 4.39 Å². The Morgan fingerprint density at radius 3 is 2.53 bits per heavy atom. The minimum atomic E-state index is -0.569. The number of nitrogens with zero attached hydrogens (tertiary/aromatic N) is 1. The van der Waals surface area contributed by atoms with Crippen molar-refractivity contribution in [3.8, 4) is 11.3 Å². The van der Waals surface area contributed by atoms with Crippen molar-refractivity contribution in [1.82, 2.24) is 4.98 Å². The summed E-state index contributed by atoms with van der Waals surface area (Å²) in [6.07, 6.45) is 0. The van der Waals surface area contributed by atoms with Gasteiger partial charge in [0.25, 0.3) is 0 Å². The van der Waals surface area contributed by atoms with E-state index in [0.29, 0.717) is 11.3 Å². The van der Waals surface area contributed by atoms with E-state index in [1.54, 1.807) is 6.07 Å². The minimum absolute atomic E-state index is 0.181. The third-order valence-corrected chi connectivity index (χ3v) is 2.11. The Bertz CT molecular complexity index is 456. The van der Waals surface area contributed by atoms with Crippen LogP contribution < -0.4 is 0 Å². The van der Waals surface area contributed by atoms with Gasteiger partial charge < -0.3 is 5.11 Å². The maximum Gasteiger partial charge on any atom is 0.213 e. The molecule has 1 heterocycles. The number of rotatable bonds is 2. The number of halogens is 1. The third kappa shape index (κ3) is 2.19. The Morgan fingerprint density at radius 2 is 1.87 bits per heavy atom. The van der Waals surface area contributed by atoms with Crippen LogP contribution in [-0.2, 0) is 6.61 Å². The lowest BCUT2D eigenvalue weighted by Gasteiger charge is -2.03. The second-order valence-electron chi connectivity index (χ2n) is 3.21. The zero-order chi connectivity index (χ0) is 10.7. The van der Waals surface area contributed by atoms with Crippen LogP contribution in [0.5, 0.6) is 0 Å². The number of benzene rings is 1. The van der Waals surface area contributed by atoms with Crippen molar-refractivity contribution in [2.75, 3.05) is 0 Å². The number of aliphatic hydroxyl groups excluding tert-OH is 1. The first-order valence-corrected chi connectivity index (χ1v) is 4.62. The van der Waals surface area contributed by atoms with Crippen LogP contribution in [0.25, 0.3) is 11.3 Å². The lowest BCUT2D eigenvalue weighted by Crippen LogP contribution is -1.92. The largest absolute Gasteiger partial charge is 0.392 e. The summed E-state index contributed by atoms with van der Waals surface area (Å²) in [4.78, 5) is 3.77. The highest BCUT2D eigenvalue weighted by Crippen LogP contribution is 2.18. The molecular formula is C12H10FNO. The molecule has 2 nitrogen and oxygen atoms in total.